The standard InChI is InChI=1S/C22H18FIN2O4/c1-29-21-10-15(4-9-20(21)30-13-14-2-6-17(23)7-3-14)12-25-26-22(28)16-5-8-18(24)19(27)11-16/h2-12,27H,13H2,1H3,(H,26,28)/b25-12-. The summed E-state index contributed by atoms with van der Waals surface area (Å²) in [7, 11) is 1.52. The van der Waals surface area contributed by atoms with Crippen LogP contribution in [0.5, 0.6) is 17.2 Å². The van der Waals surface area contributed by atoms with Gasteiger partial charge in [0.05, 0.1) is 16.9 Å². The van der Waals surface area contributed by atoms with E-state index in [2.05, 4.69) is 10.5 Å². The first-order chi connectivity index (χ1) is 14.5. The fraction of sp³-hybridized carbons (Fsp3) is 0.0909. The molecule has 0 saturated heterocycles. The maximum Gasteiger partial charge on any atom is 0.271 e. The van der Waals surface area contributed by atoms with Crippen molar-refractivity contribution in [2.75, 3.05) is 7.11 Å². The molecule has 0 aromatic heterocycles. The van der Waals surface area contributed by atoms with E-state index in [9.17, 15) is 14.3 Å². The van der Waals surface area contributed by atoms with Crippen LogP contribution in [-0.4, -0.2) is 24.3 Å². The van der Waals surface area contributed by atoms with E-state index in [1.54, 1.807) is 42.5 Å². The number of hydrogen-bond donors (Lipinski definition) is 2. The van der Waals surface area contributed by atoms with E-state index >= 15 is 0 Å². The summed E-state index contributed by atoms with van der Waals surface area (Å²) in [5.74, 6) is 0.315. The summed E-state index contributed by atoms with van der Waals surface area (Å²) >= 11 is 1.97. The lowest BCUT2D eigenvalue weighted by molar-refractivity contribution is 0.0954. The van der Waals surface area contributed by atoms with E-state index in [1.807, 2.05) is 22.6 Å². The molecule has 0 aliphatic heterocycles. The Bertz CT molecular complexity index is 1070. The number of amides is 1. The van der Waals surface area contributed by atoms with Crippen molar-refractivity contribution in [2.24, 2.45) is 5.10 Å². The third-order valence-corrected chi connectivity index (χ3v) is 5.00. The topological polar surface area (TPSA) is 80.2 Å². The number of nitrogens with zero attached hydrogens (tertiary/aromatic N) is 1. The molecule has 0 aliphatic carbocycles. The normalized spacial score (nSPS) is 10.8. The minimum atomic E-state index is -0.441. The van der Waals surface area contributed by atoms with Crippen LogP contribution >= 0.6 is 22.6 Å². The molecule has 2 N–H and O–H groups in total. The van der Waals surface area contributed by atoms with Crippen molar-refractivity contribution in [1.82, 2.24) is 5.43 Å². The molecule has 0 unspecified atom stereocenters. The molecular weight excluding hydrogens is 502 g/mol. The Kier molecular flexibility index (Phi) is 7.23. The van der Waals surface area contributed by atoms with Crippen LogP contribution in [0.15, 0.2) is 65.8 Å². The van der Waals surface area contributed by atoms with Gasteiger partial charge in [0.2, 0.25) is 0 Å². The highest BCUT2D eigenvalue weighted by Gasteiger charge is 2.08. The first kappa shape index (κ1) is 21.6. The summed E-state index contributed by atoms with van der Waals surface area (Å²) in [5, 5.41) is 13.6. The van der Waals surface area contributed by atoms with E-state index < -0.39 is 5.91 Å². The number of aromatic hydroxyl groups is 1. The summed E-state index contributed by atoms with van der Waals surface area (Å²) in [6, 6.07) is 15.9. The van der Waals surface area contributed by atoms with Crippen molar-refractivity contribution in [2.45, 2.75) is 6.61 Å². The summed E-state index contributed by atoms with van der Waals surface area (Å²) < 4.78 is 24.7. The number of ether oxygens (including phenoxy) is 2. The molecular formula is C22H18FIN2O4. The predicted octanol–water partition coefficient (Wildman–Crippen LogP) is 4.49. The molecule has 0 bridgehead atoms. The Balaban J connectivity index is 1.62. The molecule has 6 nitrogen and oxygen atoms in total. The van der Waals surface area contributed by atoms with Crippen molar-refractivity contribution in [1.29, 1.82) is 0 Å². The first-order valence-corrected chi connectivity index (χ1v) is 9.91. The Labute approximate surface area is 186 Å². The third kappa shape index (κ3) is 5.69. The number of methoxy groups -OCH3 is 1. The van der Waals surface area contributed by atoms with Gasteiger partial charge in [0.25, 0.3) is 5.91 Å². The molecule has 3 aromatic carbocycles. The molecule has 0 radical (unpaired) electrons. The number of carbonyl (C=O) groups is 1. The lowest BCUT2D eigenvalue weighted by Gasteiger charge is -2.11. The average molecular weight is 520 g/mol. The van der Waals surface area contributed by atoms with Crippen molar-refractivity contribution < 1.29 is 23.8 Å². The van der Waals surface area contributed by atoms with Crippen LogP contribution in [0.3, 0.4) is 0 Å². The van der Waals surface area contributed by atoms with Gasteiger partial charge in [-0.2, -0.15) is 5.10 Å². The molecule has 1 amide bonds. The van der Waals surface area contributed by atoms with E-state index in [-0.39, 0.29) is 18.2 Å². The third-order valence-electron chi connectivity index (χ3n) is 4.08. The molecule has 3 aromatic rings. The number of carbonyl (C=O) groups excluding carboxylic acids is 1. The van der Waals surface area contributed by atoms with Crippen LogP contribution in [-0.2, 0) is 6.61 Å². The lowest BCUT2D eigenvalue weighted by atomic mass is 10.2. The number of hydrazone groups is 1. The quantitative estimate of drug-likeness (QED) is 0.274. The minimum Gasteiger partial charge on any atom is -0.507 e. The van der Waals surface area contributed by atoms with Gasteiger partial charge in [-0.3, -0.25) is 4.79 Å². The highest BCUT2D eigenvalue weighted by atomic mass is 127. The molecule has 154 valence electrons. The molecule has 0 heterocycles. The summed E-state index contributed by atoms with van der Waals surface area (Å²) in [5.41, 5.74) is 4.22. The van der Waals surface area contributed by atoms with Crippen molar-refractivity contribution in [3.63, 3.8) is 0 Å². The summed E-state index contributed by atoms with van der Waals surface area (Å²) in [6.45, 7) is 0.267. The molecule has 3 rings (SSSR count). The molecule has 30 heavy (non-hydrogen) atoms. The number of nitrogens with one attached hydrogen (secondary N) is 1. The van der Waals surface area contributed by atoms with Gasteiger partial charge in [0, 0.05) is 5.56 Å². The SMILES string of the molecule is COc1cc(/C=N\NC(=O)c2ccc(I)c(O)c2)ccc1OCc1ccc(F)cc1. The lowest BCUT2D eigenvalue weighted by Crippen LogP contribution is -2.17. The maximum absolute atomic E-state index is 13.0. The fourth-order valence-corrected chi connectivity index (χ4v) is 2.84. The van der Waals surface area contributed by atoms with Crippen LogP contribution in [0.4, 0.5) is 4.39 Å². The van der Waals surface area contributed by atoms with E-state index in [0.717, 1.165) is 5.56 Å². The number of rotatable bonds is 7. The van der Waals surface area contributed by atoms with Crippen molar-refractivity contribution in [3.8, 4) is 17.2 Å². The second-order valence-corrected chi connectivity index (χ2v) is 7.35. The zero-order valence-electron chi connectivity index (χ0n) is 15.9. The van der Waals surface area contributed by atoms with Crippen LogP contribution in [0.25, 0.3) is 0 Å². The Hall–Kier alpha value is -3.14. The molecule has 8 heteroatoms. The fourth-order valence-electron chi connectivity index (χ4n) is 2.51. The number of phenols is 1. The number of phenolic OH excluding ortho intramolecular Hbond substituents is 1. The van der Waals surface area contributed by atoms with Crippen LogP contribution in [0.2, 0.25) is 0 Å². The minimum absolute atomic E-state index is 0.0354. The largest absolute Gasteiger partial charge is 0.507 e. The molecule has 0 fully saturated rings. The predicted molar refractivity (Wildman–Crippen MR) is 120 cm³/mol. The first-order valence-electron chi connectivity index (χ1n) is 8.83. The highest BCUT2D eigenvalue weighted by molar-refractivity contribution is 14.1. The Morgan fingerprint density at radius 3 is 2.60 bits per heavy atom. The second-order valence-electron chi connectivity index (χ2n) is 6.19. The number of benzene rings is 3. The van der Waals surface area contributed by atoms with Gasteiger partial charge in [0.15, 0.2) is 11.5 Å². The molecule has 0 spiro atoms. The molecule has 0 saturated carbocycles. The number of halogens is 2. The van der Waals surface area contributed by atoms with E-state index in [0.29, 0.717) is 26.2 Å². The smallest absolute Gasteiger partial charge is 0.271 e. The maximum atomic E-state index is 13.0. The van der Waals surface area contributed by atoms with E-state index in [1.165, 1.54) is 31.5 Å². The van der Waals surface area contributed by atoms with E-state index in [4.69, 9.17) is 9.47 Å². The van der Waals surface area contributed by atoms with Gasteiger partial charge < -0.3 is 14.6 Å². The average Bonchev–Trinajstić information content (AvgIpc) is 2.75. The van der Waals surface area contributed by atoms with Crippen LogP contribution < -0.4 is 14.9 Å². The van der Waals surface area contributed by atoms with Gasteiger partial charge >= 0.3 is 0 Å². The van der Waals surface area contributed by atoms with Gasteiger partial charge in [-0.25, -0.2) is 9.82 Å². The number of hydrogen-bond acceptors (Lipinski definition) is 5. The summed E-state index contributed by atoms with van der Waals surface area (Å²) in [6.07, 6.45) is 1.47. The van der Waals surface area contributed by atoms with Crippen molar-refractivity contribution >= 4 is 34.7 Å². The zero-order valence-corrected chi connectivity index (χ0v) is 18.1. The zero-order chi connectivity index (χ0) is 21.5. The van der Waals surface area contributed by atoms with Gasteiger partial charge in [-0.05, 0) is 82.2 Å². The molecule has 0 atom stereocenters. The van der Waals surface area contributed by atoms with Crippen molar-refractivity contribution in [3.05, 3.63) is 86.7 Å². The van der Waals surface area contributed by atoms with Crippen LogP contribution in [0, 0.1) is 9.39 Å². The Morgan fingerprint density at radius 1 is 1.13 bits per heavy atom. The van der Waals surface area contributed by atoms with Gasteiger partial charge in [-0.1, -0.05) is 12.1 Å². The summed E-state index contributed by atoms with van der Waals surface area (Å²) in [4.78, 5) is 12.1. The highest BCUT2D eigenvalue weighted by Crippen LogP contribution is 2.28. The van der Waals surface area contributed by atoms with Gasteiger partial charge in [0.1, 0.15) is 18.2 Å². The molecule has 0 aliphatic rings. The monoisotopic (exact) mass is 520 g/mol. The Morgan fingerprint density at radius 2 is 1.90 bits per heavy atom. The van der Waals surface area contributed by atoms with Gasteiger partial charge in [-0.15, -0.1) is 0 Å². The van der Waals surface area contributed by atoms with Crippen LogP contribution in [0.1, 0.15) is 21.5 Å². The second kappa shape index (κ2) is 10.1.